The smallest absolute Gasteiger partial charge is 0.292 e. The number of nitrogens with one attached hydrogen (secondary N) is 1. The molecule has 2 aromatic heterocycles. The average Bonchev–Trinajstić information content (AvgIpc) is 3.04. The van der Waals surface area contributed by atoms with E-state index in [9.17, 15) is 4.79 Å². The Morgan fingerprint density at radius 3 is 2.95 bits per heavy atom. The van der Waals surface area contributed by atoms with E-state index in [4.69, 9.17) is 0 Å². The fourth-order valence-electron chi connectivity index (χ4n) is 3.45. The quantitative estimate of drug-likeness (QED) is 0.783. The van der Waals surface area contributed by atoms with Crippen LogP contribution in [0, 0.1) is 5.92 Å². The molecule has 0 aliphatic heterocycles. The summed E-state index contributed by atoms with van der Waals surface area (Å²) in [5.74, 6) is 0.893. The number of rotatable bonds is 2. The van der Waals surface area contributed by atoms with Gasteiger partial charge >= 0.3 is 0 Å². The van der Waals surface area contributed by atoms with Gasteiger partial charge in [0.15, 0.2) is 0 Å². The Morgan fingerprint density at radius 2 is 2.14 bits per heavy atom. The first-order valence-electron chi connectivity index (χ1n) is 7.35. The zero-order valence-corrected chi connectivity index (χ0v) is 12.1. The molecule has 0 fully saturated rings. The van der Waals surface area contributed by atoms with Crippen molar-refractivity contribution in [1.82, 2.24) is 14.4 Å². The summed E-state index contributed by atoms with van der Waals surface area (Å²) in [5, 5.41) is 0. The third-order valence-corrected chi connectivity index (χ3v) is 4.24. The Kier molecular flexibility index (Phi) is 2.55. The molecule has 3 aromatic rings. The molecule has 1 aliphatic rings. The number of imidazole rings is 1. The number of aromatic nitrogens is 3. The Morgan fingerprint density at radius 1 is 1.33 bits per heavy atom. The number of fused-ring (bicyclic) bond motifs is 5. The van der Waals surface area contributed by atoms with Gasteiger partial charge in [0.05, 0.1) is 11.4 Å². The molecule has 1 aliphatic carbocycles. The molecule has 2 heterocycles. The molecule has 0 amide bonds. The van der Waals surface area contributed by atoms with Gasteiger partial charge in [-0.2, -0.15) is 0 Å². The second-order valence-corrected chi connectivity index (χ2v) is 6.10. The minimum atomic E-state index is -0.126. The largest absolute Gasteiger partial charge is 0.317 e. The Balaban J connectivity index is 2.09. The minimum Gasteiger partial charge on any atom is -0.317 e. The Hall–Kier alpha value is -2.36. The van der Waals surface area contributed by atoms with Crippen molar-refractivity contribution in [3.63, 3.8) is 0 Å². The third kappa shape index (κ3) is 1.68. The highest BCUT2D eigenvalue weighted by atomic mass is 16.1. The highest BCUT2D eigenvalue weighted by Crippen LogP contribution is 2.45. The first-order chi connectivity index (χ1) is 10.2. The second-order valence-electron chi connectivity index (χ2n) is 6.10. The van der Waals surface area contributed by atoms with Crippen molar-refractivity contribution >= 4 is 5.65 Å². The predicted molar refractivity (Wildman–Crippen MR) is 82.5 cm³/mol. The van der Waals surface area contributed by atoms with Crippen molar-refractivity contribution in [3.05, 3.63) is 58.3 Å². The maximum Gasteiger partial charge on any atom is 0.292 e. The van der Waals surface area contributed by atoms with Crippen molar-refractivity contribution in [2.24, 2.45) is 5.92 Å². The molecule has 1 atom stereocenters. The first-order valence-corrected chi connectivity index (χ1v) is 7.35. The normalized spacial score (nSPS) is 16.4. The number of benzene rings is 1. The van der Waals surface area contributed by atoms with Crippen molar-refractivity contribution in [3.8, 4) is 11.3 Å². The van der Waals surface area contributed by atoms with Crippen LogP contribution in [0.4, 0.5) is 0 Å². The van der Waals surface area contributed by atoms with Crippen molar-refractivity contribution in [2.75, 3.05) is 0 Å². The lowest BCUT2D eigenvalue weighted by Crippen LogP contribution is -2.15. The molecular formula is C17H17N3O. The van der Waals surface area contributed by atoms with Crippen molar-refractivity contribution in [2.45, 2.75) is 26.2 Å². The molecule has 106 valence electrons. The predicted octanol–water partition coefficient (Wildman–Crippen LogP) is 3.18. The fraction of sp³-hybridized carbons (Fsp3) is 0.294. The van der Waals surface area contributed by atoms with E-state index in [-0.39, 0.29) is 5.56 Å². The van der Waals surface area contributed by atoms with Gasteiger partial charge in [-0.25, -0.2) is 4.98 Å². The maximum atomic E-state index is 12.2. The summed E-state index contributed by atoms with van der Waals surface area (Å²) in [4.78, 5) is 19.4. The summed E-state index contributed by atoms with van der Waals surface area (Å²) >= 11 is 0. The summed E-state index contributed by atoms with van der Waals surface area (Å²) in [6.45, 7) is 4.47. The SMILES string of the molecule is CC(C)CC1c2ccccc2-c2[nH]c(=O)c3nccn3c21. The van der Waals surface area contributed by atoms with Crippen LogP contribution in [0.3, 0.4) is 0 Å². The van der Waals surface area contributed by atoms with Gasteiger partial charge in [-0.3, -0.25) is 9.20 Å². The molecule has 4 rings (SSSR count). The van der Waals surface area contributed by atoms with Crippen LogP contribution >= 0.6 is 0 Å². The van der Waals surface area contributed by atoms with E-state index < -0.39 is 0 Å². The number of aromatic amines is 1. The summed E-state index contributed by atoms with van der Waals surface area (Å²) in [7, 11) is 0. The first kappa shape index (κ1) is 12.4. The van der Waals surface area contributed by atoms with E-state index in [1.807, 2.05) is 16.7 Å². The van der Waals surface area contributed by atoms with E-state index in [2.05, 4.69) is 42.0 Å². The van der Waals surface area contributed by atoms with Gasteiger partial charge in [-0.15, -0.1) is 0 Å². The van der Waals surface area contributed by atoms with E-state index >= 15 is 0 Å². The Bertz CT molecular complexity index is 888. The molecule has 0 radical (unpaired) electrons. The van der Waals surface area contributed by atoms with Gasteiger partial charge < -0.3 is 4.98 Å². The molecule has 1 aromatic carbocycles. The van der Waals surface area contributed by atoms with E-state index in [1.165, 1.54) is 5.56 Å². The van der Waals surface area contributed by atoms with Gasteiger partial charge in [0, 0.05) is 23.9 Å². The summed E-state index contributed by atoms with van der Waals surface area (Å²) in [5.41, 5.74) is 4.92. The zero-order chi connectivity index (χ0) is 14.6. The van der Waals surface area contributed by atoms with Gasteiger partial charge in [0.1, 0.15) is 0 Å². The van der Waals surface area contributed by atoms with Gasteiger partial charge in [-0.05, 0) is 17.9 Å². The molecule has 4 heteroatoms. The summed E-state index contributed by atoms with van der Waals surface area (Å²) in [6, 6.07) is 8.36. The number of H-pyrrole nitrogens is 1. The van der Waals surface area contributed by atoms with Gasteiger partial charge in [0.2, 0.25) is 5.65 Å². The molecule has 21 heavy (non-hydrogen) atoms. The van der Waals surface area contributed by atoms with E-state index in [0.717, 1.165) is 23.4 Å². The molecular weight excluding hydrogens is 262 g/mol. The zero-order valence-electron chi connectivity index (χ0n) is 12.1. The molecule has 0 saturated heterocycles. The number of hydrogen-bond donors (Lipinski definition) is 1. The molecule has 4 nitrogen and oxygen atoms in total. The fourth-order valence-corrected chi connectivity index (χ4v) is 3.45. The van der Waals surface area contributed by atoms with E-state index in [1.54, 1.807) is 6.20 Å². The second kappa shape index (κ2) is 4.32. The summed E-state index contributed by atoms with van der Waals surface area (Å²) in [6.07, 6.45) is 4.65. The average molecular weight is 279 g/mol. The molecule has 0 bridgehead atoms. The lowest BCUT2D eigenvalue weighted by Gasteiger charge is -2.16. The van der Waals surface area contributed by atoms with Crippen molar-refractivity contribution in [1.29, 1.82) is 0 Å². The topological polar surface area (TPSA) is 50.2 Å². The highest BCUT2D eigenvalue weighted by molar-refractivity contribution is 5.75. The molecule has 1 unspecified atom stereocenters. The van der Waals surface area contributed by atoms with Gasteiger partial charge in [0.25, 0.3) is 5.56 Å². The highest BCUT2D eigenvalue weighted by Gasteiger charge is 2.32. The van der Waals surface area contributed by atoms with Crippen LogP contribution in [0.15, 0.2) is 41.5 Å². The summed E-state index contributed by atoms with van der Waals surface area (Å²) < 4.78 is 1.96. The molecule has 1 N–H and O–H groups in total. The maximum absolute atomic E-state index is 12.2. The lowest BCUT2D eigenvalue weighted by molar-refractivity contribution is 0.537. The van der Waals surface area contributed by atoms with Crippen LogP contribution in [-0.2, 0) is 0 Å². The van der Waals surface area contributed by atoms with Crippen LogP contribution in [0.2, 0.25) is 0 Å². The third-order valence-electron chi connectivity index (χ3n) is 4.24. The Labute approximate surface area is 122 Å². The molecule has 0 spiro atoms. The van der Waals surface area contributed by atoms with Gasteiger partial charge in [-0.1, -0.05) is 38.1 Å². The van der Waals surface area contributed by atoms with Crippen molar-refractivity contribution < 1.29 is 0 Å². The van der Waals surface area contributed by atoms with Crippen LogP contribution in [-0.4, -0.2) is 14.4 Å². The minimum absolute atomic E-state index is 0.126. The van der Waals surface area contributed by atoms with Crippen LogP contribution in [0.25, 0.3) is 16.9 Å². The lowest BCUT2D eigenvalue weighted by atomic mass is 9.91. The van der Waals surface area contributed by atoms with Crippen LogP contribution in [0.5, 0.6) is 0 Å². The monoisotopic (exact) mass is 279 g/mol. The van der Waals surface area contributed by atoms with E-state index in [0.29, 0.717) is 17.5 Å². The standard InChI is InChI=1S/C17H17N3O/c1-10(2)9-13-11-5-3-4-6-12(11)14-15(13)20-8-7-18-16(20)17(21)19-14/h3-8,10,13H,9H2,1-2H3,(H,19,21). The van der Waals surface area contributed by atoms with Crippen LogP contribution < -0.4 is 5.56 Å². The molecule has 0 saturated carbocycles. The van der Waals surface area contributed by atoms with Crippen LogP contribution in [0.1, 0.15) is 37.4 Å². The number of nitrogens with zero attached hydrogens (tertiary/aromatic N) is 2. The number of hydrogen-bond acceptors (Lipinski definition) is 2.